The normalized spacial score (nSPS) is 28.7. The molecule has 12 heteroatoms. The molecule has 146 valence electrons. The number of carbonyl (C=O) groups is 1. The number of anilines is 1. The highest BCUT2D eigenvalue weighted by Gasteiger charge is 2.49. The van der Waals surface area contributed by atoms with Crippen LogP contribution >= 0.6 is 11.6 Å². The van der Waals surface area contributed by atoms with Gasteiger partial charge < -0.3 is 29.9 Å². The molecule has 0 spiro atoms. The Balaban J connectivity index is 1.64. The molecule has 11 nitrogen and oxygen atoms in total. The molecule has 1 amide bonds. The SMILES string of the molecule is CNc1nc(Cl)nc2c1ncn2C1OC(C(=O)N2CCOCC2)C(O)C1O. The molecule has 0 saturated carbocycles. The Hall–Kier alpha value is -2.05. The molecule has 4 rings (SSSR count). The van der Waals surface area contributed by atoms with Crippen LogP contribution in [0, 0.1) is 0 Å². The lowest BCUT2D eigenvalue weighted by Crippen LogP contribution is -2.49. The molecule has 2 saturated heterocycles. The maximum Gasteiger partial charge on any atom is 0.254 e. The number of amides is 1. The Kier molecular flexibility index (Phi) is 4.86. The number of hydrogen-bond acceptors (Lipinski definition) is 9. The monoisotopic (exact) mass is 398 g/mol. The van der Waals surface area contributed by atoms with Gasteiger partial charge in [0.25, 0.3) is 5.91 Å². The van der Waals surface area contributed by atoms with Crippen molar-refractivity contribution in [3.63, 3.8) is 0 Å². The average molecular weight is 399 g/mol. The van der Waals surface area contributed by atoms with Gasteiger partial charge in [0, 0.05) is 20.1 Å². The molecule has 27 heavy (non-hydrogen) atoms. The highest BCUT2D eigenvalue weighted by Crippen LogP contribution is 2.33. The van der Waals surface area contributed by atoms with Crippen molar-refractivity contribution in [2.45, 2.75) is 24.5 Å². The summed E-state index contributed by atoms with van der Waals surface area (Å²) in [5.41, 5.74) is 0.741. The van der Waals surface area contributed by atoms with Gasteiger partial charge in [-0.05, 0) is 11.6 Å². The topological polar surface area (TPSA) is 135 Å². The van der Waals surface area contributed by atoms with Crippen LogP contribution in [0.4, 0.5) is 5.82 Å². The number of aliphatic hydroxyl groups excluding tert-OH is 2. The molecule has 0 aromatic carbocycles. The van der Waals surface area contributed by atoms with E-state index >= 15 is 0 Å². The predicted molar refractivity (Wildman–Crippen MR) is 93.2 cm³/mol. The van der Waals surface area contributed by atoms with Crippen molar-refractivity contribution in [1.29, 1.82) is 0 Å². The van der Waals surface area contributed by atoms with Crippen molar-refractivity contribution in [3.05, 3.63) is 11.6 Å². The summed E-state index contributed by atoms with van der Waals surface area (Å²) in [6, 6.07) is 0. The first-order chi connectivity index (χ1) is 13.0. The van der Waals surface area contributed by atoms with Gasteiger partial charge in [-0.3, -0.25) is 9.36 Å². The van der Waals surface area contributed by atoms with Crippen LogP contribution in [-0.2, 0) is 14.3 Å². The standard InChI is InChI=1S/C15H19ClN6O5/c1-17-11-7-12(20-15(16)19-11)22(6-18-7)14-9(24)8(23)10(27-14)13(25)21-2-4-26-5-3-21/h6,8-10,14,23-24H,2-5H2,1H3,(H,17,19,20). The second-order valence-electron chi connectivity index (χ2n) is 6.28. The minimum absolute atomic E-state index is 0.0115. The fourth-order valence-electron chi connectivity index (χ4n) is 3.31. The van der Waals surface area contributed by atoms with Gasteiger partial charge in [-0.15, -0.1) is 0 Å². The fraction of sp³-hybridized carbons (Fsp3) is 0.600. The Morgan fingerprint density at radius 3 is 2.74 bits per heavy atom. The molecule has 3 N–H and O–H groups in total. The smallest absolute Gasteiger partial charge is 0.254 e. The van der Waals surface area contributed by atoms with Gasteiger partial charge in [0.15, 0.2) is 29.3 Å². The number of aliphatic hydroxyl groups is 2. The van der Waals surface area contributed by atoms with E-state index < -0.39 is 24.5 Å². The van der Waals surface area contributed by atoms with Crippen LogP contribution in [0.5, 0.6) is 0 Å². The van der Waals surface area contributed by atoms with Crippen LogP contribution in [0.2, 0.25) is 5.28 Å². The van der Waals surface area contributed by atoms with Gasteiger partial charge in [0.05, 0.1) is 19.5 Å². The van der Waals surface area contributed by atoms with Crippen molar-refractivity contribution in [1.82, 2.24) is 24.4 Å². The Morgan fingerprint density at radius 1 is 1.30 bits per heavy atom. The predicted octanol–water partition coefficient (Wildman–Crippen LogP) is -1.00. The highest BCUT2D eigenvalue weighted by atomic mass is 35.5. The first kappa shape index (κ1) is 18.3. The van der Waals surface area contributed by atoms with Crippen molar-refractivity contribution >= 4 is 34.5 Å². The molecule has 4 heterocycles. The summed E-state index contributed by atoms with van der Waals surface area (Å²) in [5, 5.41) is 23.7. The molecule has 2 aliphatic heterocycles. The van der Waals surface area contributed by atoms with Gasteiger partial charge in [0.1, 0.15) is 12.2 Å². The quantitative estimate of drug-likeness (QED) is 0.556. The van der Waals surface area contributed by atoms with Gasteiger partial charge >= 0.3 is 0 Å². The molecule has 0 aliphatic carbocycles. The minimum atomic E-state index is -1.39. The number of nitrogens with one attached hydrogen (secondary N) is 1. The summed E-state index contributed by atoms with van der Waals surface area (Å²) >= 11 is 5.96. The van der Waals surface area contributed by atoms with E-state index in [1.807, 2.05) is 0 Å². The molecule has 0 bridgehead atoms. The maximum atomic E-state index is 12.7. The fourth-order valence-corrected chi connectivity index (χ4v) is 3.47. The van der Waals surface area contributed by atoms with Crippen molar-refractivity contribution < 1.29 is 24.5 Å². The third-order valence-corrected chi connectivity index (χ3v) is 4.88. The Labute approximate surface area is 158 Å². The van der Waals surface area contributed by atoms with Crippen molar-refractivity contribution in [2.75, 3.05) is 38.7 Å². The lowest BCUT2D eigenvalue weighted by atomic mass is 10.1. The number of hydrogen-bond donors (Lipinski definition) is 3. The van der Waals surface area contributed by atoms with Gasteiger partial charge in [-0.2, -0.15) is 9.97 Å². The molecule has 2 aliphatic rings. The molecule has 2 aromatic heterocycles. The zero-order chi connectivity index (χ0) is 19.1. The first-order valence-corrected chi connectivity index (χ1v) is 8.85. The summed E-state index contributed by atoms with van der Waals surface area (Å²) in [5.74, 6) is 0.0260. The zero-order valence-electron chi connectivity index (χ0n) is 14.4. The van der Waals surface area contributed by atoms with Crippen molar-refractivity contribution in [3.8, 4) is 0 Å². The summed E-state index contributed by atoms with van der Waals surface area (Å²) in [6.07, 6.45) is -3.57. The molecule has 2 aromatic rings. The van der Waals surface area contributed by atoms with Crippen LogP contribution in [0.1, 0.15) is 6.23 Å². The van der Waals surface area contributed by atoms with Gasteiger partial charge in [-0.25, -0.2) is 4.98 Å². The maximum absolute atomic E-state index is 12.7. The number of carbonyl (C=O) groups excluding carboxylic acids is 1. The number of rotatable bonds is 3. The van der Waals surface area contributed by atoms with E-state index in [-0.39, 0.29) is 11.2 Å². The zero-order valence-corrected chi connectivity index (χ0v) is 15.2. The van der Waals surface area contributed by atoms with E-state index in [9.17, 15) is 15.0 Å². The molecule has 4 atom stereocenters. The number of nitrogens with zero attached hydrogens (tertiary/aromatic N) is 5. The third-order valence-electron chi connectivity index (χ3n) is 4.71. The first-order valence-electron chi connectivity index (χ1n) is 8.47. The van der Waals surface area contributed by atoms with E-state index in [0.29, 0.717) is 43.3 Å². The number of imidazole rings is 1. The van der Waals surface area contributed by atoms with Crippen LogP contribution in [0.3, 0.4) is 0 Å². The van der Waals surface area contributed by atoms with Gasteiger partial charge in [0.2, 0.25) is 5.28 Å². The molecular formula is C15H19ClN6O5. The number of ether oxygens (including phenoxy) is 2. The summed E-state index contributed by atoms with van der Waals surface area (Å²) in [7, 11) is 1.67. The molecule has 2 fully saturated rings. The number of aromatic nitrogens is 4. The largest absolute Gasteiger partial charge is 0.387 e. The van der Waals surface area contributed by atoms with Crippen LogP contribution in [0.25, 0.3) is 11.2 Å². The summed E-state index contributed by atoms with van der Waals surface area (Å²) < 4.78 is 12.4. The van der Waals surface area contributed by atoms with E-state index in [0.717, 1.165) is 0 Å². The van der Waals surface area contributed by atoms with E-state index in [2.05, 4.69) is 20.3 Å². The minimum Gasteiger partial charge on any atom is -0.387 e. The van der Waals surface area contributed by atoms with Crippen LogP contribution in [-0.4, -0.2) is 92.2 Å². The van der Waals surface area contributed by atoms with Crippen LogP contribution in [0.15, 0.2) is 6.33 Å². The van der Waals surface area contributed by atoms with Crippen LogP contribution < -0.4 is 5.32 Å². The Morgan fingerprint density at radius 2 is 2.04 bits per heavy atom. The molecular weight excluding hydrogens is 380 g/mol. The average Bonchev–Trinajstić information content (AvgIpc) is 3.22. The summed E-state index contributed by atoms with van der Waals surface area (Å²) in [6.45, 7) is 1.67. The van der Waals surface area contributed by atoms with Crippen molar-refractivity contribution in [2.24, 2.45) is 0 Å². The van der Waals surface area contributed by atoms with E-state index in [1.54, 1.807) is 11.9 Å². The number of halogens is 1. The van der Waals surface area contributed by atoms with E-state index in [4.69, 9.17) is 21.1 Å². The molecule has 0 radical (unpaired) electrons. The van der Waals surface area contributed by atoms with Gasteiger partial charge in [-0.1, -0.05) is 0 Å². The second-order valence-corrected chi connectivity index (χ2v) is 6.62. The Bertz CT molecular complexity index is 857. The number of morpholine rings is 1. The lowest BCUT2D eigenvalue weighted by molar-refractivity contribution is -0.152. The van der Waals surface area contributed by atoms with E-state index in [1.165, 1.54) is 10.9 Å². The third kappa shape index (κ3) is 3.11. The summed E-state index contributed by atoms with van der Waals surface area (Å²) in [4.78, 5) is 26.6. The second kappa shape index (κ2) is 7.17. The molecule has 4 unspecified atom stereocenters. The number of fused-ring (bicyclic) bond motifs is 1. The highest BCUT2D eigenvalue weighted by molar-refractivity contribution is 6.28. The lowest BCUT2D eigenvalue weighted by Gasteiger charge is -2.29.